The van der Waals surface area contributed by atoms with Crippen molar-refractivity contribution in [2.45, 2.75) is 19.8 Å². The number of halogens is 2. The van der Waals surface area contributed by atoms with Gasteiger partial charge >= 0.3 is 5.97 Å². The number of carbonyl (C=O) groups is 1. The molecule has 18 heavy (non-hydrogen) atoms. The average Bonchev–Trinajstić information content (AvgIpc) is 2.26. The molecule has 3 nitrogen and oxygen atoms in total. The molecule has 0 fully saturated rings. The topological polar surface area (TPSA) is 50.2 Å². The number of hydrogen-bond donors (Lipinski definition) is 1. The Hall–Kier alpha value is -2.04. The van der Waals surface area contributed by atoms with Crippen LogP contribution >= 0.6 is 0 Å². The molecule has 0 saturated heterocycles. The Balaban J connectivity index is 2.90. The van der Waals surface area contributed by atoms with Crippen molar-refractivity contribution in [1.82, 2.24) is 4.98 Å². The van der Waals surface area contributed by atoms with Gasteiger partial charge in [0.2, 0.25) is 0 Å². The largest absolute Gasteiger partial charge is 0.478 e. The van der Waals surface area contributed by atoms with Gasteiger partial charge in [0.05, 0.1) is 16.5 Å². The number of hydrogen-bond acceptors (Lipinski definition) is 2. The van der Waals surface area contributed by atoms with Gasteiger partial charge in [-0.25, -0.2) is 13.6 Å². The predicted octanol–water partition coefficient (Wildman–Crippen LogP) is 3.33. The fraction of sp³-hybridized carbons (Fsp3) is 0.231. The summed E-state index contributed by atoms with van der Waals surface area (Å²) in [6.07, 6.45) is 0. The number of carboxylic acid groups (broad SMARTS) is 1. The van der Waals surface area contributed by atoms with Gasteiger partial charge in [-0.15, -0.1) is 0 Å². The number of fused-ring (bicyclic) bond motifs is 1. The van der Waals surface area contributed by atoms with E-state index in [0.717, 1.165) is 6.07 Å². The van der Waals surface area contributed by atoms with Gasteiger partial charge in [0.1, 0.15) is 11.6 Å². The molecule has 94 valence electrons. The summed E-state index contributed by atoms with van der Waals surface area (Å²) in [5, 5.41) is 8.94. The minimum Gasteiger partial charge on any atom is -0.478 e. The summed E-state index contributed by atoms with van der Waals surface area (Å²) >= 11 is 0. The van der Waals surface area contributed by atoms with Crippen LogP contribution in [0.1, 0.15) is 35.8 Å². The maximum atomic E-state index is 13.7. The molecule has 0 aliphatic rings. The molecule has 0 aliphatic carbocycles. The lowest BCUT2D eigenvalue weighted by Gasteiger charge is -2.10. The minimum absolute atomic E-state index is 0.0242. The molecule has 5 heteroatoms. The molecule has 0 saturated carbocycles. The predicted molar refractivity (Wildman–Crippen MR) is 62.7 cm³/mol. The highest BCUT2D eigenvalue weighted by molar-refractivity contribution is 6.02. The van der Waals surface area contributed by atoms with Gasteiger partial charge < -0.3 is 5.11 Å². The second-order valence-electron chi connectivity index (χ2n) is 4.34. The second-order valence-corrected chi connectivity index (χ2v) is 4.34. The van der Waals surface area contributed by atoms with Crippen LogP contribution in [0, 0.1) is 11.6 Å². The van der Waals surface area contributed by atoms with Gasteiger partial charge in [0, 0.05) is 17.8 Å². The first-order valence-electron chi connectivity index (χ1n) is 5.43. The fourth-order valence-electron chi connectivity index (χ4n) is 1.77. The lowest BCUT2D eigenvalue weighted by Crippen LogP contribution is -2.04. The molecule has 2 rings (SSSR count). The summed E-state index contributed by atoms with van der Waals surface area (Å²) in [5.41, 5.74) is 0.321. The van der Waals surface area contributed by atoms with Crippen molar-refractivity contribution in [3.8, 4) is 0 Å². The van der Waals surface area contributed by atoms with E-state index in [0.29, 0.717) is 11.8 Å². The number of benzene rings is 1. The van der Waals surface area contributed by atoms with Crippen LogP contribution in [0.4, 0.5) is 8.78 Å². The lowest BCUT2D eigenvalue weighted by atomic mass is 10.0. The molecule has 0 radical (unpaired) electrons. The SMILES string of the molecule is CC(C)c1cc(C(=O)O)c2c(F)cc(F)cc2n1. The first-order chi connectivity index (χ1) is 8.40. The zero-order chi connectivity index (χ0) is 13.4. The second kappa shape index (κ2) is 4.33. The van der Waals surface area contributed by atoms with Gasteiger partial charge in [0.15, 0.2) is 0 Å². The van der Waals surface area contributed by atoms with Gasteiger partial charge in [0.25, 0.3) is 0 Å². The highest BCUT2D eigenvalue weighted by Crippen LogP contribution is 2.25. The average molecular weight is 251 g/mol. The number of aromatic nitrogens is 1. The zero-order valence-electron chi connectivity index (χ0n) is 9.87. The van der Waals surface area contributed by atoms with Crippen molar-refractivity contribution in [2.75, 3.05) is 0 Å². The lowest BCUT2D eigenvalue weighted by molar-refractivity contribution is 0.0698. The third-order valence-corrected chi connectivity index (χ3v) is 2.67. The molecule has 1 aromatic heterocycles. The molecular weight excluding hydrogens is 240 g/mol. The van der Waals surface area contributed by atoms with E-state index >= 15 is 0 Å². The van der Waals surface area contributed by atoms with Crippen LogP contribution in [0.25, 0.3) is 10.9 Å². The molecular formula is C13H11F2NO2. The monoisotopic (exact) mass is 251 g/mol. The molecule has 0 spiro atoms. The summed E-state index contributed by atoms with van der Waals surface area (Å²) in [5.74, 6) is -2.97. The van der Waals surface area contributed by atoms with Crippen molar-refractivity contribution in [3.63, 3.8) is 0 Å². The van der Waals surface area contributed by atoms with Crippen LogP contribution in [0.15, 0.2) is 18.2 Å². The van der Waals surface area contributed by atoms with Crippen LogP contribution in [0.2, 0.25) is 0 Å². The highest BCUT2D eigenvalue weighted by atomic mass is 19.1. The minimum atomic E-state index is -1.25. The van der Waals surface area contributed by atoms with Crippen molar-refractivity contribution in [2.24, 2.45) is 0 Å². The standard InChI is InChI=1S/C13H11F2NO2/c1-6(2)10-5-8(13(17)18)12-9(15)3-7(14)4-11(12)16-10/h3-6H,1-2H3,(H,17,18). The quantitative estimate of drug-likeness (QED) is 0.890. The van der Waals surface area contributed by atoms with Crippen molar-refractivity contribution < 1.29 is 18.7 Å². The smallest absolute Gasteiger partial charge is 0.336 e. The molecule has 0 aliphatic heterocycles. The van der Waals surface area contributed by atoms with E-state index in [-0.39, 0.29) is 22.4 Å². The zero-order valence-corrected chi connectivity index (χ0v) is 9.87. The van der Waals surface area contributed by atoms with E-state index in [1.807, 2.05) is 13.8 Å². The van der Waals surface area contributed by atoms with Crippen LogP contribution in [0.3, 0.4) is 0 Å². The highest BCUT2D eigenvalue weighted by Gasteiger charge is 2.17. The van der Waals surface area contributed by atoms with Crippen LogP contribution in [-0.2, 0) is 0 Å². The van der Waals surface area contributed by atoms with Crippen molar-refractivity contribution >= 4 is 16.9 Å². The molecule has 0 bridgehead atoms. The molecule has 1 N–H and O–H groups in total. The van der Waals surface area contributed by atoms with Gasteiger partial charge in [-0.2, -0.15) is 0 Å². The first-order valence-corrected chi connectivity index (χ1v) is 5.43. The number of nitrogens with zero attached hydrogens (tertiary/aromatic N) is 1. The Kier molecular flexibility index (Phi) is 2.98. The molecule has 0 atom stereocenters. The molecule has 1 heterocycles. The summed E-state index contributed by atoms with van der Waals surface area (Å²) in [4.78, 5) is 15.2. The molecule has 1 aromatic carbocycles. The third kappa shape index (κ3) is 2.03. The molecule has 0 unspecified atom stereocenters. The van der Waals surface area contributed by atoms with Crippen LogP contribution in [0.5, 0.6) is 0 Å². The number of pyridine rings is 1. The Labute approximate surface area is 102 Å². The Bertz CT molecular complexity index is 638. The van der Waals surface area contributed by atoms with Crippen molar-refractivity contribution in [1.29, 1.82) is 0 Å². The summed E-state index contributed by atoms with van der Waals surface area (Å²) in [6.45, 7) is 3.66. The van der Waals surface area contributed by atoms with Gasteiger partial charge in [-0.1, -0.05) is 13.8 Å². The maximum Gasteiger partial charge on any atom is 0.336 e. The van der Waals surface area contributed by atoms with Gasteiger partial charge in [-0.05, 0) is 12.0 Å². The fourth-order valence-corrected chi connectivity index (χ4v) is 1.77. The van der Waals surface area contributed by atoms with Crippen molar-refractivity contribution in [3.05, 3.63) is 41.1 Å². The van der Waals surface area contributed by atoms with Gasteiger partial charge in [-0.3, -0.25) is 4.98 Å². The van der Waals surface area contributed by atoms with E-state index in [4.69, 9.17) is 5.11 Å². The Morgan fingerprint density at radius 3 is 2.50 bits per heavy atom. The molecule has 2 aromatic rings. The Morgan fingerprint density at radius 1 is 1.28 bits per heavy atom. The summed E-state index contributed by atoms with van der Waals surface area (Å²) < 4.78 is 26.8. The summed E-state index contributed by atoms with van der Waals surface area (Å²) in [7, 11) is 0. The van der Waals surface area contributed by atoms with E-state index in [1.165, 1.54) is 6.07 Å². The van der Waals surface area contributed by atoms with E-state index < -0.39 is 17.6 Å². The molecule has 0 amide bonds. The van der Waals surface area contributed by atoms with Crippen LogP contribution < -0.4 is 0 Å². The third-order valence-electron chi connectivity index (χ3n) is 2.67. The van der Waals surface area contributed by atoms with E-state index in [1.54, 1.807) is 0 Å². The number of rotatable bonds is 2. The van der Waals surface area contributed by atoms with E-state index in [2.05, 4.69) is 4.98 Å². The maximum absolute atomic E-state index is 13.7. The Morgan fingerprint density at radius 2 is 1.94 bits per heavy atom. The number of aromatic carboxylic acids is 1. The summed E-state index contributed by atoms with van der Waals surface area (Å²) in [6, 6.07) is 3.03. The van der Waals surface area contributed by atoms with E-state index in [9.17, 15) is 13.6 Å². The number of carboxylic acids is 1. The van der Waals surface area contributed by atoms with Crippen LogP contribution in [-0.4, -0.2) is 16.1 Å². The normalized spacial score (nSPS) is 11.2. The first kappa shape index (κ1) is 12.4.